The zero-order valence-corrected chi connectivity index (χ0v) is 12.2. The maximum absolute atomic E-state index is 11.8. The first-order valence-electron chi connectivity index (χ1n) is 6.87. The molecular weight excluding hydrogens is 264 g/mol. The molecule has 20 heavy (non-hydrogen) atoms. The van der Waals surface area contributed by atoms with Gasteiger partial charge in [0.15, 0.2) is 0 Å². The zero-order valence-electron chi connectivity index (χ0n) is 12.2. The number of aliphatic carboxylic acids is 1. The van der Waals surface area contributed by atoms with Crippen molar-refractivity contribution in [3.05, 3.63) is 0 Å². The predicted molar refractivity (Wildman–Crippen MR) is 74.3 cm³/mol. The van der Waals surface area contributed by atoms with Crippen LogP contribution in [0.4, 0.5) is 4.79 Å². The predicted octanol–water partition coefficient (Wildman–Crippen LogP) is 0.120. The van der Waals surface area contributed by atoms with E-state index in [2.05, 4.69) is 5.32 Å². The molecular formula is C13H26N2O5. The molecule has 7 heteroatoms. The second-order valence-electron chi connectivity index (χ2n) is 5.21. The Morgan fingerprint density at radius 1 is 1.15 bits per heavy atom. The highest BCUT2D eigenvalue weighted by Gasteiger charge is 2.18. The lowest BCUT2D eigenvalue weighted by atomic mass is 9.94. The molecule has 2 amide bonds. The molecule has 0 aromatic carbocycles. The van der Waals surface area contributed by atoms with Crippen LogP contribution in [0.1, 0.15) is 26.7 Å². The van der Waals surface area contributed by atoms with Gasteiger partial charge in [-0.05, 0) is 18.3 Å². The second-order valence-corrected chi connectivity index (χ2v) is 5.21. The van der Waals surface area contributed by atoms with E-state index in [-0.39, 0.29) is 45.2 Å². The van der Waals surface area contributed by atoms with Crippen molar-refractivity contribution in [3.8, 4) is 0 Å². The molecule has 0 saturated heterocycles. The third-order valence-corrected chi connectivity index (χ3v) is 2.84. The van der Waals surface area contributed by atoms with Gasteiger partial charge in [-0.1, -0.05) is 13.8 Å². The fourth-order valence-electron chi connectivity index (χ4n) is 2.05. The fraction of sp³-hybridized carbons (Fsp3) is 0.846. The lowest BCUT2D eigenvalue weighted by Crippen LogP contribution is -2.44. The fourth-order valence-corrected chi connectivity index (χ4v) is 2.05. The SMILES string of the molecule is CC(C)C[C@H](CNC(=O)N(CCO)CCO)CC(=O)O. The number of carbonyl (C=O) groups excluding carboxylic acids is 1. The van der Waals surface area contributed by atoms with E-state index in [4.69, 9.17) is 15.3 Å². The van der Waals surface area contributed by atoms with E-state index in [1.54, 1.807) is 0 Å². The average Bonchev–Trinajstić information content (AvgIpc) is 2.34. The molecule has 0 aliphatic heterocycles. The molecule has 0 spiro atoms. The van der Waals surface area contributed by atoms with Crippen LogP contribution in [0.5, 0.6) is 0 Å². The van der Waals surface area contributed by atoms with E-state index in [9.17, 15) is 9.59 Å². The number of nitrogens with zero attached hydrogens (tertiary/aromatic N) is 1. The van der Waals surface area contributed by atoms with Gasteiger partial charge in [0.2, 0.25) is 0 Å². The topological polar surface area (TPSA) is 110 Å². The Kier molecular flexibility index (Phi) is 9.75. The van der Waals surface area contributed by atoms with Crippen molar-refractivity contribution in [1.29, 1.82) is 0 Å². The van der Waals surface area contributed by atoms with Gasteiger partial charge in [-0.3, -0.25) is 4.79 Å². The Morgan fingerprint density at radius 2 is 1.70 bits per heavy atom. The molecule has 4 N–H and O–H groups in total. The molecule has 0 heterocycles. The van der Waals surface area contributed by atoms with E-state index in [0.29, 0.717) is 12.3 Å². The smallest absolute Gasteiger partial charge is 0.317 e. The third kappa shape index (κ3) is 8.71. The highest BCUT2D eigenvalue weighted by atomic mass is 16.4. The summed E-state index contributed by atoms with van der Waals surface area (Å²) < 4.78 is 0. The summed E-state index contributed by atoms with van der Waals surface area (Å²) in [4.78, 5) is 23.9. The Balaban J connectivity index is 4.35. The number of urea groups is 1. The average molecular weight is 290 g/mol. The number of nitrogens with one attached hydrogen (secondary N) is 1. The van der Waals surface area contributed by atoms with Gasteiger partial charge in [0.1, 0.15) is 0 Å². The molecule has 0 radical (unpaired) electrons. The summed E-state index contributed by atoms with van der Waals surface area (Å²) in [6.07, 6.45) is 0.727. The third-order valence-electron chi connectivity index (χ3n) is 2.84. The van der Waals surface area contributed by atoms with Crippen LogP contribution in [-0.2, 0) is 4.79 Å². The number of aliphatic hydroxyl groups is 2. The van der Waals surface area contributed by atoms with Crippen molar-refractivity contribution in [2.24, 2.45) is 11.8 Å². The van der Waals surface area contributed by atoms with Crippen LogP contribution in [0.25, 0.3) is 0 Å². The van der Waals surface area contributed by atoms with Crippen LogP contribution in [0.2, 0.25) is 0 Å². The molecule has 0 saturated carbocycles. The largest absolute Gasteiger partial charge is 0.481 e. The summed E-state index contributed by atoms with van der Waals surface area (Å²) in [5.74, 6) is -0.656. The minimum Gasteiger partial charge on any atom is -0.481 e. The van der Waals surface area contributed by atoms with E-state index >= 15 is 0 Å². The van der Waals surface area contributed by atoms with E-state index in [1.165, 1.54) is 4.90 Å². The maximum Gasteiger partial charge on any atom is 0.317 e. The van der Waals surface area contributed by atoms with Crippen molar-refractivity contribution in [2.45, 2.75) is 26.7 Å². The summed E-state index contributed by atoms with van der Waals surface area (Å²) in [5.41, 5.74) is 0. The Hall–Kier alpha value is -1.34. The Morgan fingerprint density at radius 3 is 2.10 bits per heavy atom. The first-order valence-corrected chi connectivity index (χ1v) is 6.87. The second kappa shape index (κ2) is 10.4. The van der Waals surface area contributed by atoms with Gasteiger partial charge in [0.05, 0.1) is 13.2 Å². The van der Waals surface area contributed by atoms with Crippen LogP contribution in [0, 0.1) is 11.8 Å². The van der Waals surface area contributed by atoms with Crippen molar-refractivity contribution in [1.82, 2.24) is 10.2 Å². The first-order chi connectivity index (χ1) is 9.40. The number of hydrogen-bond acceptors (Lipinski definition) is 4. The van der Waals surface area contributed by atoms with Gasteiger partial charge in [-0.25, -0.2) is 4.79 Å². The van der Waals surface area contributed by atoms with Gasteiger partial charge in [-0.2, -0.15) is 0 Å². The summed E-state index contributed by atoms with van der Waals surface area (Å²) in [5, 5.41) is 29.2. The van der Waals surface area contributed by atoms with Crippen molar-refractivity contribution in [2.75, 3.05) is 32.8 Å². The van der Waals surface area contributed by atoms with Crippen LogP contribution in [0.3, 0.4) is 0 Å². The lowest BCUT2D eigenvalue weighted by molar-refractivity contribution is -0.138. The maximum atomic E-state index is 11.8. The summed E-state index contributed by atoms with van der Waals surface area (Å²) in [7, 11) is 0. The normalized spacial score (nSPS) is 12.2. The summed E-state index contributed by atoms with van der Waals surface area (Å²) in [6, 6.07) is -0.396. The minimum absolute atomic E-state index is 0.0124. The standard InChI is InChI=1S/C13H26N2O5/c1-10(2)7-11(8-12(18)19)9-14-13(20)15(3-5-16)4-6-17/h10-11,16-17H,3-9H2,1-2H3,(H,14,20)(H,18,19)/t11-/m0/s1. The minimum atomic E-state index is -0.882. The van der Waals surface area contributed by atoms with Crippen LogP contribution in [0.15, 0.2) is 0 Å². The molecule has 0 aliphatic carbocycles. The highest BCUT2D eigenvalue weighted by Crippen LogP contribution is 2.14. The first kappa shape index (κ1) is 18.7. The van der Waals surface area contributed by atoms with E-state index < -0.39 is 12.0 Å². The van der Waals surface area contributed by atoms with Gasteiger partial charge in [-0.15, -0.1) is 0 Å². The lowest BCUT2D eigenvalue weighted by Gasteiger charge is -2.23. The number of rotatable bonds is 10. The van der Waals surface area contributed by atoms with Gasteiger partial charge in [0.25, 0.3) is 0 Å². The highest BCUT2D eigenvalue weighted by molar-refractivity contribution is 5.74. The molecule has 1 atom stereocenters. The zero-order chi connectivity index (χ0) is 15.5. The molecule has 0 rings (SSSR count). The van der Waals surface area contributed by atoms with Gasteiger partial charge < -0.3 is 25.5 Å². The Bertz CT molecular complexity index is 290. The molecule has 0 aromatic rings. The van der Waals surface area contributed by atoms with Gasteiger partial charge in [0, 0.05) is 26.1 Å². The number of amides is 2. The van der Waals surface area contributed by atoms with Gasteiger partial charge >= 0.3 is 12.0 Å². The number of aliphatic hydroxyl groups excluding tert-OH is 2. The monoisotopic (exact) mass is 290 g/mol. The number of hydrogen-bond donors (Lipinski definition) is 4. The molecule has 0 unspecified atom stereocenters. The molecule has 0 fully saturated rings. The van der Waals surface area contributed by atoms with Crippen LogP contribution < -0.4 is 5.32 Å². The summed E-state index contributed by atoms with van der Waals surface area (Å²) in [6.45, 7) is 4.19. The Labute approximate surface area is 119 Å². The molecule has 118 valence electrons. The summed E-state index contributed by atoms with van der Waals surface area (Å²) >= 11 is 0. The molecule has 7 nitrogen and oxygen atoms in total. The van der Waals surface area contributed by atoms with Crippen molar-refractivity contribution < 1.29 is 24.9 Å². The van der Waals surface area contributed by atoms with Crippen LogP contribution in [-0.4, -0.2) is 65.1 Å². The number of carbonyl (C=O) groups is 2. The number of carboxylic acid groups (broad SMARTS) is 1. The quantitative estimate of drug-likeness (QED) is 0.457. The van der Waals surface area contributed by atoms with Crippen molar-refractivity contribution >= 4 is 12.0 Å². The number of carboxylic acids is 1. The van der Waals surface area contributed by atoms with E-state index in [1.807, 2.05) is 13.8 Å². The molecule has 0 aliphatic rings. The van der Waals surface area contributed by atoms with Crippen molar-refractivity contribution in [3.63, 3.8) is 0 Å². The van der Waals surface area contributed by atoms with Crippen LogP contribution >= 0.6 is 0 Å². The molecule has 0 bridgehead atoms. The van der Waals surface area contributed by atoms with E-state index in [0.717, 1.165) is 0 Å². The molecule has 0 aromatic heterocycles.